The smallest absolute Gasteiger partial charge is 0.0438 e. The van der Waals surface area contributed by atoms with E-state index in [1.807, 2.05) is 24.3 Å². The highest BCUT2D eigenvalue weighted by molar-refractivity contribution is 7.19. The first-order valence-corrected chi connectivity index (χ1v) is 7.41. The molecule has 0 saturated heterocycles. The maximum atomic E-state index is 6.31. The first-order valence-electron chi connectivity index (χ1n) is 6.21. The van der Waals surface area contributed by atoms with Crippen LogP contribution in [0.3, 0.4) is 0 Å². The highest BCUT2D eigenvalue weighted by Crippen LogP contribution is 2.31. The minimum atomic E-state index is -0.00250. The molecule has 0 aliphatic heterocycles. The minimum Gasteiger partial charge on any atom is -0.323 e. The van der Waals surface area contributed by atoms with Crippen LogP contribution in [-0.2, 0) is 6.42 Å². The van der Waals surface area contributed by atoms with Crippen LogP contribution in [0, 0.1) is 0 Å². The molecule has 0 fully saturated rings. The summed E-state index contributed by atoms with van der Waals surface area (Å²) in [6.45, 7) is 0. The molecule has 1 nitrogen and oxygen atoms in total. The SMILES string of the molecule is NC(Cc1ccccc1Cl)c1cc2ccccc2s1. The molecule has 3 rings (SSSR count). The molecule has 1 aromatic heterocycles. The fraction of sp³-hybridized carbons (Fsp3) is 0.125. The summed E-state index contributed by atoms with van der Waals surface area (Å²) in [7, 11) is 0. The molecule has 0 spiro atoms. The quantitative estimate of drug-likeness (QED) is 0.736. The average Bonchev–Trinajstić information content (AvgIpc) is 2.85. The van der Waals surface area contributed by atoms with Crippen molar-refractivity contribution in [3.05, 3.63) is 70.1 Å². The first-order chi connectivity index (χ1) is 9.24. The molecule has 1 atom stereocenters. The molecule has 0 aliphatic rings. The van der Waals surface area contributed by atoms with Crippen LogP contribution in [0.4, 0.5) is 0 Å². The molecule has 1 unspecified atom stereocenters. The molecule has 3 heteroatoms. The maximum Gasteiger partial charge on any atom is 0.0438 e. The predicted octanol–water partition coefficient (Wildman–Crippen LogP) is 4.80. The van der Waals surface area contributed by atoms with Crippen molar-refractivity contribution in [2.45, 2.75) is 12.5 Å². The van der Waals surface area contributed by atoms with Crippen molar-refractivity contribution in [2.24, 2.45) is 5.73 Å². The Morgan fingerprint density at radius 1 is 1.05 bits per heavy atom. The Labute approximate surface area is 121 Å². The number of halogens is 1. The molecule has 2 N–H and O–H groups in total. The second-order valence-corrected chi connectivity index (χ2v) is 6.11. The van der Waals surface area contributed by atoms with Crippen molar-refractivity contribution in [2.75, 3.05) is 0 Å². The summed E-state index contributed by atoms with van der Waals surface area (Å²) in [5, 5.41) is 2.05. The first kappa shape index (κ1) is 12.7. The van der Waals surface area contributed by atoms with E-state index in [9.17, 15) is 0 Å². The van der Waals surface area contributed by atoms with E-state index < -0.39 is 0 Å². The molecule has 1 heterocycles. The van der Waals surface area contributed by atoms with E-state index in [-0.39, 0.29) is 6.04 Å². The van der Waals surface area contributed by atoms with Crippen molar-refractivity contribution in [3.63, 3.8) is 0 Å². The number of hydrogen-bond donors (Lipinski definition) is 1. The standard InChI is InChI=1S/C16H14ClNS/c17-13-7-3-1-5-11(13)9-14(18)16-10-12-6-2-4-8-15(12)19-16/h1-8,10,14H,9,18H2. The van der Waals surface area contributed by atoms with E-state index >= 15 is 0 Å². The van der Waals surface area contributed by atoms with Gasteiger partial charge in [0.15, 0.2) is 0 Å². The van der Waals surface area contributed by atoms with Gasteiger partial charge in [0, 0.05) is 20.6 Å². The second-order valence-electron chi connectivity index (χ2n) is 4.59. The number of nitrogens with two attached hydrogens (primary N) is 1. The Morgan fingerprint density at radius 3 is 2.58 bits per heavy atom. The second kappa shape index (κ2) is 5.33. The van der Waals surface area contributed by atoms with Gasteiger partial charge in [0.2, 0.25) is 0 Å². The van der Waals surface area contributed by atoms with Crippen LogP contribution in [0.2, 0.25) is 5.02 Å². The van der Waals surface area contributed by atoms with Crippen LogP contribution >= 0.6 is 22.9 Å². The summed E-state index contributed by atoms with van der Waals surface area (Å²) in [6.07, 6.45) is 0.770. The predicted molar refractivity (Wildman–Crippen MR) is 83.9 cm³/mol. The molecule has 0 saturated carbocycles. The van der Waals surface area contributed by atoms with Gasteiger partial charge in [0.05, 0.1) is 0 Å². The maximum absolute atomic E-state index is 6.31. The van der Waals surface area contributed by atoms with Crippen molar-refractivity contribution < 1.29 is 0 Å². The van der Waals surface area contributed by atoms with Gasteiger partial charge in [-0.15, -0.1) is 11.3 Å². The minimum absolute atomic E-state index is 0.00250. The van der Waals surface area contributed by atoms with E-state index in [4.69, 9.17) is 17.3 Å². The zero-order valence-corrected chi connectivity index (χ0v) is 11.9. The fourth-order valence-electron chi connectivity index (χ4n) is 2.19. The number of hydrogen-bond acceptors (Lipinski definition) is 2. The van der Waals surface area contributed by atoms with Gasteiger partial charge in [-0.3, -0.25) is 0 Å². The van der Waals surface area contributed by atoms with E-state index in [0.29, 0.717) is 0 Å². The van der Waals surface area contributed by atoms with Crippen LogP contribution in [-0.4, -0.2) is 0 Å². The average molecular weight is 288 g/mol. The Morgan fingerprint density at radius 2 is 1.79 bits per heavy atom. The lowest BCUT2D eigenvalue weighted by atomic mass is 10.1. The summed E-state index contributed by atoms with van der Waals surface area (Å²) in [5.41, 5.74) is 7.42. The van der Waals surface area contributed by atoms with Gasteiger partial charge < -0.3 is 5.73 Å². The van der Waals surface area contributed by atoms with Crippen LogP contribution in [0.5, 0.6) is 0 Å². The molecular weight excluding hydrogens is 274 g/mol. The lowest BCUT2D eigenvalue weighted by Gasteiger charge is -2.10. The molecule has 0 aliphatic carbocycles. The van der Waals surface area contributed by atoms with Crippen LogP contribution in [0.1, 0.15) is 16.5 Å². The summed E-state index contributed by atoms with van der Waals surface area (Å²) in [6, 6.07) is 18.4. The van der Waals surface area contributed by atoms with E-state index in [2.05, 4.69) is 30.3 Å². The third-order valence-electron chi connectivity index (χ3n) is 3.21. The van der Waals surface area contributed by atoms with E-state index in [0.717, 1.165) is 17.0 Å². The lowest BCUT2D eigenvalue weighted by molar-refractivity contribution is 0.737. The van der Waals surface area contributed by atoms with Crippen molar-refractivity contribution in [1.82, 2.24) is 0 Å². The molecule has 0 radical (unpaired) electrons. The molecule has 96 valence electrons. The summed E-state index contributed by atoms with van der Waals surface area (Å²) < 4.78 is 1.28. The number of thiophene rings is 1. The van der Waals surface area contributed by atoms with Gasteiger partial charge in [0.25, 0.3) is 0 Å². The third-order valence-corrected chi connectivity index (χ3v) is 4.82. The van der Waals surface area contributed by atoms with Gasteiger partial charge in [-0.2, -0.15) is 0 Å². The van der Waals surface area contributed by atoms with Crippen molar-refractivity contribution in [1.29, 1.82) is 0 Å². The highest BCUT2D eigenvalue weighted by Gasteiger charge is 2.12. The number of benzene rings is 2. The number of fused-ring (bicyclic) bond motifs is 1. The van der Waals surface area contributed by atoms with Gasteiger partial charge in [0.1, 0.15) is 0 Å². The molecule has 2 aromatic carbocycles. The summed E-state index contributed by atoms with van der Waals surface area (Å²) in [4.78, 5) is 1.21. The molecular formula is C16H14ClNS. The van der Waals surface area contributed by atoms with E-state index in [1.165, 1.54) is 15.0 Å². The zero-order valence-electron chi connectivity index (χ0n) is 10.3. The van der Waals surface area contributed by atoms with E-state index in [1.54, 1.807) is 11.3 Å². The molecule has 0 amide bonds. The number of rotatable bonds is 3. The topological polar surface area (TPSA) is 26.0 Å². The monoisotopic (exact) mass is 287 g/mol. The van der Waals surface area contributed by atoms with Gasteiger partial charge in [-0.1, -0.05) is 48.0 Å². The third kappa shape index (κ3) is 2.66. The lowest BCUT2D eigenvalue weighted by Crippen LogP contribution is -2.11. The van der Waals surface area contributed by atoms with Gasteiger partial charge in [-0.05, 0) is 35.6 Å². The molecule has 19 heavy (non-hydrogen) atoms. The fourth-order valence-corrected chi connectivity index (χ4v) is 3.47. The highest BCUT2D eigenvalue weighted by atomic mass is 35.5. The molecule has 0 bridgehead atoms. The summed E-state index contributed by atoms with van der Waals surface area (Å²) in [5.74, 6) is 0. The van der Waals surface area contributed by atoms with Gasteiger partial charge in [-0.25, -0.2) is 0 Å². The Balaban J connectivity index is 1.87. The van der Waals surface area contributed by atoms with Crippen LogP contribution in [0.15, 0.2) is 54.6 Å². The Bertz CT molecular complexity index is 672. The largest absolute Gasteiger partial charge is 0.323 e. The normalized spacial score (nSPS) is 12.7. The molecule has 3 aromatic rings. The zero-order chi connectivity index (χ0) is 13.2. The summed E-state index contributed by atoms with van der Waals surface area (Å²) >= 11 is 7.94. The van der Waals surface area contributed by atoms with Crippen LogP contribution in [0.25, 0.3) is 10.1 Å². The van der Waals surface area contributed by atoms with Gasteiger partial charge >= 0.3 is 0 Å². The van der Waals surface area contributed by atoms with Crippen LogP contribution < -0.4 is 5.73 Å². The van der Waals surface area contributed by atoms with Crippen molar-refractivity contribution >= 4 is 33.0 Å². The van der Waals surface area contributed by atoms with Crippen molar-refractivity contribution in [3.8, 4) is 0 Å². The Hall–Kier alpha value is -1.35. The Kier molecular flexibility index (Phi) is 3.56.